The van der Waals surface area contributed by atoms with Gasteiger partial charge in [-0.2, -0.15) is 10.2 Å². The summed E-state index contributed by atoms with van der Waals surface area (Å²) < 4.78 is 0. The number of aromatic amines is 1. The highest BCUT2D eigenvalue weighted by molar-refractivity contribution is 5.61. The fraction of sp³-hybridized carbons (Fsp3) is 0.154. The average Bonchev–Trinajstić information content (AvgIpc) is 2.33. The summed E-state index contributed by atoms with van der Waals surface area (Å²) in [4.78, 5) is 17.4. The van der Waals surface area contributed by atoms with Gasteiger partial charge in [0.15, 0.2) is 0 Å². The molecule has 0 spiro atoms. The molecule has 0 bridgehead atoms. The van der Waals surface area contributed by atoms with Gasteiger partial charge in [0, 0.05) is 11.8 Å². The summed E-state index contributed by atoms with van der Waals surface area (Å²) in [5.41, 5.74) is 2.66. The van der Waals surface area contributed by atoms with Crippen LogP contribution in [0.5, 0.6) is 0 Å². The van der Waals surface area contributed by atoms with Crippen molar-refractivity contribution in [3.05, 3.63) is 51.6 Å². The van der Waals surface area contributed by atoms with E-state index in [1.54, 1.807) is 0 Å². The number of nitriles is 1. The van der Waals surface area contributed by atoms with Gasteiger partial charge in [0.2, 0.25) is 0 Å². The molecule has 1 heterocycles. The third kappa shape index (κ3) is 2.55. The number of H-pyrrole nitrogens is 1. The minimum Gasteiger partial charge on any atom is -0.340 e. The molecular weight excluding hydrogens is 228 g/mol. The Labute approximate surface area is 104 Å². The Bertz CT molecular complexity index is 682. The summed E-state index contributed by atoms with van der Waals surface area (Å²) in [5.74, 6) is 0.365. The molecule has 2 aromatic rings. The van der Waals surface area contributed by atoms with Gasteiger partial charge in [-0.1, -0.05) is 12.1 Å². The summed E-state index contributed by atoms with van der Waals surface area (Å²) in [6, 6.07) is 9.34. The van der Waals surface area contributed by atoms with Crippen molar-refractivity contribution in [1.29, 1.82) is 5.26 Å². The second-order valence-corrected chi connectivity index (χ2v) is 4.04. The Morgan fingerprint density at radius 1 is 1.33 bits per heavy atom. The minimum absolute atomic E-state index is 0.183. The summed E-state index contributed by atoms with van der Waals surface area (Å²) >= 11 is 0. The number of aryl methyl sites for hydroxylation is 2. The van der Waals surface area contributed by atoms with Crippen LogP contribution in [0.4, 0.5) is 11.5 Å². The van der Waals surface area contributed by atoms with E-state index >= 15 is 0 Å². The molecule has 1 aromatic heterocycles. The summed E-state index contributed by atoms with van der Waals surface area (Å²) in [5, 5.41) is 11.8. The zero-order valence-electron chi connectivity index (χ0n) is 10.1. The van der Waals surface area contributed by atoms with Crippen LogP contribution in [-0.4, -0.2) is 9.97 Å². The van der Waals surface area contributed by atoms with Crippen molar-refractivity contribution in [2.24, 2.45) is 0 Å². The predicted octanol–water partition coefficient (Wildman–Crippen LogP) is 2.00. The number of hydrogen-bond donors (Lipinski definition) is 2. The van der Waals surface area contributed by atoms with E-state index in [1.165, 1.54) is 6.07 Å². The van der Waals surface area contributed by atoms with Crippen molar-refractivity contribution >= 4 is 11.5 Å². The first kappa shape index (κ1) is 11.9. The molecule has 18 heavy (non-hydrogen) atoms. The number of nitrogens with zero attached hydrogens (tertiary/aromatic N) is 2. The minimum atomic E-state index is -0.540. The molecule has 0 amide bonds. The second kappa shape index (κ2) is 4.72. The van der Waals surface area contributed by atoms with Crippen molar-refractivity contribution < 1.29 is 0 Å². The Balaban J connectivity index is 2.40. The van der Waals surface area contributed by atoms with E-state index in [4.69, 9.17) is 5.26 Å². The van der Waals surface area contributed by atoms with Gasteiger partial charge in [-0.15, -0.1) is 0 Å². The van der Waals surface area contributed by atoms with Gasteiger partial charge < -0.3 is 5.32 Å². The molecule has 0 saturated carbocycles. The lowest BCUT2D eigenvalue weighted by Gasteiger charge is -2.09. The van der Waals surface area contributed by atoms with Crippen LogP contribution in [0, 0.1) is 25.2 Å². The number of anilines is 2. The van der Waals surface area contributed by atoms with Gasteiger partial charge in [0.05, 0.1) is 0 Å². The third-order valence-electron chi connectivity index (χ3n) is 2.52. The Hall–Kier alpha value is -2.61. The van der Waals surface area contributed by atoms with Crippen molar-refractivity contribution in [2.75, 3.05) is 5.32 Å². The van der Waals surface area contributed by atoms with Gasteiger partial charge in [0.25, 0.3) is 0 Å². The van der Waals surface area contributed by atoms with Crippen LogP contribution in [0.1, 0.15) is 16.8 Å². The standard InChI is InChI=1S/C13H12N4O/c1-8-3-4-9(2)11(5-8)16-12-6-10(7-14)15-13(18)17-12/h3-6H,1-2H3,(H2,15,16,17,18). The van der Waals surface area contributed by atoms with Crippen molar-refractivity contribution in [1.82, 2.24) is 9.97 Å². The van der Waals surface area contributed by atoms with E-state index in [0.717, 1.165) is 16.8 Å². The lowest BCUT2D eigenvalue weighted by atomic mass is 10.1. The molecule has 0 aliphatic rings. The largest absolute Gasteiger partial charge is 0.347 e. The highest BCUT2D eigenvalue weighted by atomic mass is 16.1. The van der Waals surface area contributed by atoms with Crippen molar-refractivity contribution in [3.63, 3.8) is 0 Å². The molecule has 5 heteroatoms. The van der Waals surface area contributed by atoms with Gasteiger partial charge in [-0.05, 0) is 31.0 Å². The van der Waals surface area contributed by atoms with Gasteiger partial charge in [0.1, 0.15) is 17.6 Å². The Kier molecular flexibility index (Phi) is 3.11. The fourth-order valence-corrected chi connectivity index (χ4v) is 1.59. The topological polar surface area (TPSA) is 81.6 Å². The number of nitrogens with one attached hydrogen (secondary N) is 2. The molecule has 2 rings (SSSR count). The van der Waals surface area contributed by atoms with Gasteiger partial charge in [-0.25, -0.2) is 4.79 Å². The van der Waals surface area contributed by atoms with Crippen molar-refractivity contribution in [3.8, 4) is 6.07 Å². The zero-order chi connectivity index (χ0) is 13.1. The molecule has 0 aliphatic heterocycles. The van der Waals surface area contributed by atoms with Crippen LogP contribution >= 0.6 is 0 Å². The smallest absolute Gasteiger partial charge is 0.340 e. The van der Waals surface area contributed by atoms with Crippen LogP contribution in [0.25, 0.3) is 0 Å². The average molecular weight is 240 g/mol. The maximum Gasteiger partial charge on any atom is 0.347 e. The fourth-order valence-electron chi connectivity index (χ4n) is 1.59. The first-order chi connectivity index (χ1) is 8.58. The van der Waals surface area contributed by atoms with E-state index in [-0.39, 0.29) is 5.69 Å². The first-order valence-corrected chi connectivity index (χ1v) is 5.44. The highest BCUT2D eigenvalue weighted by Gasteiger charge is 2.03. The molecule has 0 atom stereocenters. The van der Waals surface area contributed by atoms with Crippen molar-refractivity contribution in [2.45, 2.75) is 13.8 Å². The maximum absolute atomic E-state index is 11.3. The molecule has 90 valence electrons. The number of rotatable bonds is 2. The predicted molar refractivity (Wildman–Crippen MR) is 68.8 cm³/mol. The zero-order valence-corrected chi connectivity index (χ0v) is 10.1. The highest BCUT2D eigenvalue weighted by Crippen LogP contribution is 2.20. The molecule has 1 aromatic carbocycles. The first-order valence-electron chi connectivity index (χ1n) is 5.44. The molecule has 0 aliphatic carbocycles. The van der Waals surface area contributed by atoms with Crippen LogP contribution in [-0.2, 0) is 0 Å². The Morgan fingerprint density at radius 3 is 2.83 bits per heavy atom. The lowest BCUT2D eigenvalue weighted by Crippen LogP contribution is -2.13. The van der Waals surface area contributed by atoms with E-state index in [0.29, 0.717) is 5.82 Å². The molecule has 0 unspecified atom stereocenters. The van der Waals surface area contributed by atoms with E-state index in [9.17, 15) is 4.79 Å². The normalized spacial score (nSPS) is 9.83. The third-order valence-corrected chi connectivity index (χ3v) is 2.52. The van der Waals surface area contributed by atoms with Gasteiger partial charge in [-0.3, -0.25) is 4.98 Å². The van der Waals surface area contributed by atoms with E-state index in [2.05, 4.69) is 15.3 Å². The van der Waals surface area contributed by atoms with Crippen LogP contribution < -0.4 is 11.0 Å². The van der Waals surface area contributed by atoms with E-state index in [1.807, 2.05) is 38.1 Å². The van der Waals surface area contributed by atoms with E-state index < -0.39 is 5.69 Å². The quantitative estimate of drug-likeness (QED) is 0.841. The molecule has 0 radical (unpaired) electrons. The van der Waals surface area contributed by atoms with Crippen LogP contribution in [0.2, 0.25) is 0 Å². The summed E-state index contributed by atoms with van der Waals surface area (Å²) in [6.07, 6.45) is 0. The second-order valence-electron chi connectivity index (χ2n) is 4.04. The lowest BCUT2D eigenvalue weighted by molar-refractivity contribution is 1.06. The number of benzene rings is 1. The van der Waals surface area contributed by atoms with Crippen LogP contribution in [0.3, 0.4) is 0 Å². The molecule has 2 N–H and O–H groups in total. The molecule has 0 saturated heterocycles. The number of aromatic nitrogens is 2. The Morgan fingerprint density at radius 2 is 2.11 bits per heavy atom. The summed E-state index contributed by atoms with van der Waals surface area (Å²) in [6.45, 7) is 3.94. The molecule has 5 nitrogen and oxygen atoms in total. The molecule has 0 fully saturated rings. The SMILES string of the molecule is Cc1ccc(C)c(Nc2cc(C#N)[nH]c(=O)n2)c1. The summed E-state index contributed by atoms with van der Waals surface area (Å²) in [7, 11) is 0. The number of hydrogen-bond acceptors (Lipinski definition) is 4. The monoisotopic (exact) mass is 240 g/mol. The maximum atomic E-state index is 11.3. The van der Waals surface area contributed by atoms with Crippen LogP contribution in [0.15, 0.2) is 29.1 Å². The van der Waals surface area contributed by atoms with Gasteiger partial charge >= 0.3 is 5.69 Å². The molecular formula is C13H12N4O.